The first-order valence-electron chi connectivity index (χ1n) is 21.5. The average molecular weight is 845 g/mol. The summed E-state index contributed by atoms with van der Waals surface area (Å²) in [6.07, 6.45) is 4.20. The lowest BCUT2D eigenvalue weighted by Crippen LogP contribution is -2.53. The summed E-state index contributed by atoms with van der Waals surface area (Å²) in [5, 5.41) is 4.97. The number of rotatable bonds is 6. The molecule has 298 valence electrons. The van der Waals surface area contributed by atoms with Crippen molar-refractivity contribution in [3.05, 3.63) is 206 Å². The Bertz CT molecular complexity index is 3150. The van der Waals surface area contributed by atoms with Crippen molar-refractivity contribution in [2.75, 3.05) is 19.2 Å². The first-order valence-corrected chi connectivity index (χ1v) is 23.1. The van der Waals surface area contributed by atoms with Gasteiger partial charge in [0.05, 0.1) is 22.8 Å². The molecule has 13 rings (SSSR count). The van der Waals surface area contributed by atoms with Crippen LogP contribution in [0.25, 0.3) is 31.6 Å². The fourth-order valence-electron chi connectivity index (χ4n) is 10.3. The Hall–Kier alpha value is -7.13. The fourth-order valence-corrected chi connectivity index (χ4v) is 12.7. The summed E-state index contributed by atoms with van der Waals surface area (Å²) in [7, 11) is 0. The third-order valence-corrected chi connectivity index (χ3v) is 15.4. The van der Waals surface area contributed by atoms with Gasteiger partial charge in [0, 0.05) is 60.7 Å². The van der Waals surface area contributed by atoms with Gasteiger partial charge >= 0.3 is 14.0 Å². The summed E-state index contributed by atoms with van der Waals surface area (Å²) in [4.78, 5) is 20.8. The molecule has 0 unspecified atom stereocenters. The van der Waals surface area contributed by atoms with Crippen LogP contribution in [0.1, 0.15) is 25.0 Å². The van der Waals surface area contributed by atoms with E-state index in [4.69, 9.17) is 9.97 Å². The Morgan fingerprint density at radius 2 is 0.746 bits per heavy atom. The Balaban J connectivity index is 0.966. The number of thiophene rings is 2. The number of para-hydroxylation sites is 4. The summed E-state index contributed by atoms with van der Waals surface area (Å²) in [5.74, 6) is 0. The molecule has 1 aliphatic carbocycles. The van der Waals surface area contributed by atoms with Crippen LogP contribution in [0.4, 0.5) is 44.1 Å². The molecular formula is C53H38B2N6S2. The van der Waals surface area contributed by atoms with Crippen LogP contribution in [0.15, 0.2) is 194 Å². The summed E-state index contributed by atoms with van der Waals surface area (Å²) in [6.45, 7) is 4.35. The molecule has 6 aromatic carbocycles. The Labute approximate surface area is 375 Å². The van der Waals surface area contributed by atoms with Crippen molar-refractivity contribution >= 4 is 112 Å². The zero-order valence-electron chi connectivity index (χ0n) is 34.6. The summed E-state index contributed by atoms with van der Waals surface area (Å²) >= 11 is 3.71. The summed E-state index contributed by atoms with van der Waals surface area (Å²) in [5.41, 5.74) is 13.2. The number of aromatic nitrogens is 2. The van der Waals surface area contributed by atoms with E-state index in [0.717, 1.165) is 45.1 Å². The molecule has 0 amide bonds. The monoisotopic (exact) mass is 844 g/mol. The fraction of sp³-hybridized carbons (Fsp3) is 0.0566. The molecular weight excluding hydrogens is 806 g/mol. The predicted molar refractivity (Wildman–Crippen MR) is 268 cm³/mol. The number of pyridine rings is 2. The lowest BCUT2D eigenvalue weighted by molar-refractivity contribution is 0.659. The lowest BCUT2D eigenvalue weighted by atomic mass is 9.63. The van der Waals surface area contributed by atoms with Crippen molar-refractivity contribution in [2.45, 2.75) is 19.3 Å². The van der Waals surface area contributed by atoms with E-state index in [-0.39, 0.29) is 19.4 Å². The SMILES string of the molecule is CC1(C)c2cc(B3N(c4ccccc4)c4sc5ccccc5c4N3c3ccccc3)cnc2-c2ncc(B3N(c4ccccc4)c4sc5ccccc5c4N3c3ccccc3)cc21. The molecule has 0 saturated heterocycles. The summed E-state index contributed by atoms with van der Waals surface area (Å²) < 4.78 is 2.55. The van der Waals surface area contributed by atoms with Gasteiger partial charge in [0.1, 0.15) is 10.0 Å². The molecule has 10 aromatic rings. The minimum Gasteiger partial charge on any atom is -0.359 e. The van der Waals surface area contributed by atoms with Crippen molar-refractivity contribution in [1.82, 2.24) is 9.97 Å². The maximum absolute atomic E-state index is 5.39. The van der Waals surface area contributed by atoms with Gasteiger partial charge in [-0.25, -0.2) is 0 Å². The standard InChI is InChI=1S/C53H38B2N6S2/c1-53(2)43-31-35(54-58(37-19-7-3-8-20-37)49-41-27-15-17-29-45(41)62-51(49)60(54)39-23-11-5-12-24-39)33-56-47(43)48-44(53)32-36(34-57-48)55-59(38-21-9-4-10-22-38)50-42-28-16-18-30-46(42)63-52(50)61(55)40-25-13-6-14-26-40/h3-34H,1-2H3. The molecule has 2 aliphatic heterocycles. The maximum atomic E-state index is 5.39. The second-order valence-electron chi connectivity index (χ2n) is 17.0. The van der Waals surface area contributed by atoms with Gasteiger partial charge in [-0.2, -0.15) is 0 Å². The molecule has 0 fully saturated rings. The predicted octanol–water partition coefficient (Wildman–Crippen LogP) is 12.6. The van der Waals surface area contributed by atoms with Crippen LogP contribution in [0.2, 0.25) is 0 Å². The molecule has 3 aliphatic rings. The largest absolute Gasteiger partial charge is 0.423 e. The van der Waals surface area contributed by atoms with E-state index in [1.807, 2.05) is 22.7 Å². The Morgan fingerprint density at radius 3 is 1.13 bits per heavy atom. The first-order chi connectivity index (χ1) is 31.0. The molecule has 0 saturated carbocycles. The van der Waals surface area contributed by atoms with E-state index in [0.29, 0.717) is 0 Å². The molecule has 6 heterocycles. The number of hydrogen-bond donors (Lipinski definition) is 0. The van der Waals surface area contributed by atoms with Gasteiger partial charge in [-0.1, -0.05) is 135 Å². The third kappa shape index (κ3) is 5.38. The minimum absolute atomic E-state index is 0.173. The minimum atomic E-state index is -0.382. The first kappa shape index (κ1) is 36.5. The van der Waals surface area contributed by atoms with E-state index in [2.05, 4.69) is 227 Å². The second-order valence-corrected chi connectivity index (χ2v) is 19.1. The van der Waals surface area contributed by atoms with Crippen molar-refractivity contribution in [3.8, 4) is 11.4 Å². The van der Waals surface area contributed by atoms with Crippen LogP contribution >= 0.6 is 22.7 Å². The van der Waals surface area contributed by atoms with E-state index < -0.39 is 0 Å². The van der Waals surface area contributed by atoms with Crippen LogP contribution in [0.3, 0.4) is 0 Å². The van der Waals surface area contributed by atoms with Gasteiger partial charge in [0.2, 0.25) is 0 Å². The topological polar surface area (TPSA) is 38.7 Å². The number of nitrogens with zero attached hydrogens (tertiary/aromatic N) is 6. The van der Waals surface area contributed by atoms with Crippen LogP contribution in [0.5, 0.6) is 0 Å². The van der Waals surface area contributed by atoms with Gasteiger partial charge in [-0.3, -0.25) is 9.97 Å². The van der Waals surface area contributed by atoms with Crippen LogP contribution in [-0.2, 0) is 5.41 Å². The number of anilines is 8. The molecule has 0 N–H and O–H groups in total. The number of fused-ring (bicyclic) bond motifs is 9. The van der Waals surface area contributed by atoms with Crippen molar-refractivity contribution < 1.29 is 0 Å². The zero-order chi connectivity index (χ0) is 41.8. The van der Waals surface area contributed by atoms with Crippen LogP contribution in [-0.4, -0.2) is 23.9 Å². The quantitative estimate of drug-likeness (QED) is 0.155. The highest BCUT2D eigenvalue weighted by molar-refractivity contribution is 7.26. The molecule has 0 spiro atoms. The smallest absolute Gasteiger partial charge is 0.359 e. The molecule has 0 bridgehead atoms. The maximum Gasteiger partial charge on any atom is 0.423 e. The molecule has 4 aromatic heterocycles. The van der Waals surface area contributed by atoms with E-state index in [1.54, 1.807) is 0 Å². The van der Waals surface area contributed by atoms with Gasteiger partial charge in [-0.05, 0) is 82.7 Å². The molecule has 0 atom stereocenters. The molecule has 6 nitrogen and oxygen atoms in total. The molecule has 10 heteroatoms. The highest BCUT2D eigenvalue weighted by Gasteiger charge is 2.50. The molecule has 63 heavy (non-hydrogen) atoms. The van der Waals surface area contributed by atoms with Crippen molar-refractivity contribution in [3.63, 3.8) is 0 Å². The second kappa shape index (κ2) is 13.9. The summed E-state index contributed by atoms with van der Waals surface area (Å²) in [6, 6.07) is 65.7. The van der Waals surface area contributed by atoms with Gasteiger partial charge < -0.3 is 19.2 Å². The lowest BCUT2D eigenvalue weighted by Gasteiger charge is -2.31. The van der Waals surface area contributed by atoms with E-state index in [9.17, 15) is 0 Å². The third-order valence-electron chi connectivity index (χ3n) is 13.1. The number of hydrogen-bond acceptors (Lipinski definition) is 8. The van der Waals surface area contributed by atoms with Crippen LogP contribution < -0.4 is 30.2 Å². The normalized spacial score (nSPS) is 14.8. The number of benzene rings is 6. The van der Waals surface area contributed by atoms with Crippen molar-refractivity contribution in [1.29, 1.82) is 0 Å². The van der Waals surface area contributed by atoms with Crippen molar-refractivity contribution in [2.24, 2.45) is 0 Å². The van der Waals surface area contributed by atoms with Crippen LogP contribution in [0, 0.1) is 0 Å². The van der Waals surface area contributed by atoms with E-state index in [1.165, 1.54) is 52.7 Å². The Morgan fingerprint density at radius 1 is 0.413 bits per heavy atom. The van der Waals surface area contributed by atoms with E-state index >= 15 is 0 Å². The van der Waals surface area contributed by atoms with Gasteiger partial charge in [-0.15, -0.1) is 22.7 Å². The highest BCUT2D eigenvalue weighted by Crippen LogP contribution is 2.57. The zero-order valence-corrected chi connectivity index (χ0v) is 36.3. The van der Waals surface area contributed by atoms with Gasteiger partial charge in [0.15, 0.2) is 0 Å². The molecule has 0 radical (unpaired) electrons. The highest BCUT2D eigenvalue weighted by atomic mass is 32.1. The Kier molecular flexibility index (Phi) is 8.08. The average Bonchev–Trinajstić information content (AvgIpc) is 4.12. The van der Waals surface area contributed by atoms with Gasteiger partial charge in [0.25, 0.3) is 0 Å².